The van der Waals surface area contributed by atoms with Gasteiger partial charge in [-0.1, -0.05) is 37.6 Å². The van der Waals surface area contributed by atoms with Gasteiger partial charge in [-0.25, -0.2) is 23.1 Å². The van der Waals surface area contributed by atoms with E-state index in [2.05, 4.69) is 63.5 Å². The highest BCUT2D eigenvalue weighted by molar-refractivity contribution is 5.92. The number of tetrazole rings is 1. The van der Waals surface area contributed by atoms with Gasteiger partial charge in [0.2, 0.25) is 0 Å². The van der Waals surface area contributed by atoms with Crippen molar-refractivity contribution in [2.75, 3.05) is 49.9 Å². The molecule has 17 nitrogen and oxygen atoms in total. The van der Waals surface area contributed by atoms with Crippen LogP contribution in [0.25, 0.3) is 11.4 Å². The van der Waals surface area contributed by atoms with Crippen molar-refractivity contribution in [3.05, 3.63) is 138 Å². The molecule has 4 aromatic carbocycles. The second-order valence-corrected chi connectivity index (χ2v) is 21.0. The zero-order chi connectivity index (χ0) is 55.9. The number of aryl methyl sites for hydroxylation is 1. The van der Waals surface area contributed by atoms with E-state index in [1.54, 1.807) is 74.4 Å². The maximum absolute atomic E-state index is 13.3. The van der Waals surface area contributed by atoms with Gasteiger partial charge in [-0.05, 0) is 216 Å². The molecule has 7 rings (SSSR count). The number of amides is 4. The Kier molecular flexibility index (Phi) is 23.5. The van der Waals surface area contributed by atoms with E-state index in [9.17, 15) is 23.5 Å². The summed E-state index contributed by atoms with van der Waals surface area (Å²) in [6, 6.07) is 23.9. The minimum Gasteiger partial charge on any atom is -0.405 e. The zero-order valence-electron chi connectivity index (χ0n) is 45.9. The quantitative estimate of drug-likeness (QED) is 0.0325. The summed E-state index contributed by atoms with van der Waals surface area (Å²) >= 11 is 0. The molecule has 0 saturated carbocycles. The highest BCUT2D eigenvalue weighted by atomic mass is 19.1. The van der Waals surface area contributed by atoms with Crippen molar-refractivity contribution in [2.24, 2.45) is 40.3 Å². The first-order chi connectivity index (χ1) is 37.5. The first kappa shape index (κ1) is 59.9. The Bertz CT molecular complexity index is 2740. The monoisotopic (exact) mass is 1070 g/mol. The van der Waals surface area contributed by atoms with Gasteiger partial charge in [0.15, 0.2) is 5.82 Å². The van der Waals surface area contributed by atoms with Gasteiger partial charge < -0.3 is 47.6 Å². The van der Waals surface area contributed by atoms with Crippen LogP contribution in [0.2, 0.25) is 0 Å². The molecule has 2 fully saturated rings. The van der Waals surface area contributed by atoms with Gasteiger partial charge in [-0.3, -0.25) is 9.98 Å². The first-order valence-corrected chi connectivity index (χ1v) is 27.2. The number of carbonyl (C=O) groups is 2. The average molecular weight is 1070 g/mol. The van der Waals surface area contributed by atoms with Crippen LogP contribution in [0.5, 0.6) is 0 Å². The first-order valence-electron chi connectivity index (χ1n) is 27.2. The number of nitrogens with one attached hydrogen (secondary N) is 4. The number of aliphatic imine (C=N–C) groups is 2. The summed E-state index contributed by atoms with van der Waals surface area (Å²) in [7, 11) is 1.74. The van der Waals surface area contributed by atoms with Crippen LogP contribution in [0.3, 0.4) is 0 Å². The fourth-order valence-electron chi connectivity index (χ4n) is 9.95. The summed E-state index contributed by atoms with van der Waals surface area (Å²) in [5.41, 5.74) is 15.7. The standard InChI is InChI=1S/C30H42FN7O2.C29H38FN7O/c1-5-7-26(13-15-38-14-6-8-22(20-38)16-21-9-11-25(31)12-10-21)32-29(39)33-27-18-23(28-34-35-36-37(28)4)17-24(19-27)30(2,3)40;1-22(10-16-37-15-2-5-24(21-37)17-23-6-8-25(30)9-7-23)35-29(38)36-28-19-26(33-13-3-11-31)18-27(20-28)34-14-4-12-32/h9-12,17-19,22,26,40H,5-8,13-16,20H2,1-4H3,(H2,32,33,39);3-4,6-9,11-14,18-20,22,24H,2,5,10,15-17,21,31-32H2,1H3,(H2,35,36,38)/t22-,26+;22-,24+/m01/s1. The van der Waals surface area contributed by atoms with E-state index in [1.807, 2.05) is 43.3 Å². The van der Waals surface area contributed by atoms with Gasteiger partial charge in [0.1, 0.15) is 11.6 Å². The Labute approximate surface area is 458 Å². The number of hydrogen-bond donors (Lipinski definition) is 7. The van der Waals surface area contributed by atoms with Crippen LogP contribution in [-0.2, 0) is 25.5 Å². The summed E-state index contributed by atoms with van der Waals surface area (Å²) in [4.78, 5) is 39.4. The van der Waals surface area contributed by atoms with Crippen molar-refractivity contribution in [3.63, 3.8) is 0 Å². The number of hydrogen-bond acceptors (Lipinski definition) is 12. The molecule has 0 spiro atoms. The summed E-state index contributed by atoms with van der Waals surface area (Å²) < 4.78 is 28.0. The van der Waals surface area contributed by atoms with Crippen molar-refractivity contribution >= 4 is 47.2 Å². The number of urea groups is 2. The van der Waals surface area contributed by atoms with Gasteiger partial charge in [-0.15, -0.1) is 5.10 Å². The molecule has 4 amide bonds. The normalized spacial score (nSPS) is 17.3. The number of rotatable bonds is 22. The van der Waals surface area contributed by atoms with Gasteiger partial charge in [0.25, 0.3) is 0 Å². The van der Waals surface area contributed by atoms with Crippen LogP contribution in [-0.4, -0.2) is 111 Å². The average Bonchev–Trinajstić information content (AvgIpc) is 3.85. The topological polar surface area (TPSA) is 229 Å². The smallest absolute Gasteiger partial charge is 0.319 e. The maximum atomic E-state index is 13.3. The third-order valence-corrected chi connectivity index (χ3v) is 13.9. The number of nitrogens with two attached hydrogens (primary N) is 2. The molecule has 2 aliphatic heterocycles. The highest BCUT2D eigenvalue weighted by Gasteiger charge is 2.24. The maximum Gasteiger partial charge on any atom is 0.319 e. The molecular weight excluding hydrogens is 991 g/mol. The molecule has 0 bridgehead atoms. The van der Waals surface area contributed by atoms with Crippen molar-refractivity contribution in [3.8, 4) is 11.4 Å². The second-order valence-electron chi connectivity index (χ2n) is 21.0. The SMILES string of the molecule is CCC[C@H](CCN1CCC[C@@H](Cc2ccc(F)cc2)C1)NC(=O)Nc1cc(-c2nnnn2C)cc(C(C)(C)O)c1.C[C@H](CCN1CCC[C@@H](Cc2ccc(F)cc2)C1)NC(=O)Nc1cc(N=CC=CN)cc(N=CC=CN)c1. The lowest BCUT2D eigenvalue weighted by Gasteiger charge is -2.34. The molecule has 418 valence electrons. The molecule has 4 atom stereocenters. The second kappa shape index (κ2) is 30.6. The number of carbonyl (C=O) groups excluding carboxylic acids is 2. The molecule has 5 aromatic rings. The molecule has 19 heteroatoms. The lowest BCUT2D eigenvalue weighted by Crippen LogP contribution is -2.42. The van der Waals surface area contributed by atoms with E-state index >= 15 is 0 Å². The Morgan fingerprint density at radius 2 is 1.28 bits per heavy atom. The largest absolute Gasteiger partial charge is 0.405 e. The Morgan fingerprint density at radius 3 is 1.78 bits per heavy atom. The fraction of sp³-hybridized carbons (Fsp3) is 0.441. The molecule has 1 aromatic heterocycles. The minimum atomic E-state index is -1.11. The van der Waals surface area contributed by atoms with Gasteiger partial charge >= 0.3 is 12.1 Å². The molecule has 2 aliphatic rings. The summed E-state index contributed by atoms with van der Waals surface area (Å²) in [5.74, 6) is 1.27. The van der Waals surface area contributed by atoms with Crippen LogP contribution in [0.1, 0.15) is 95.8 Å². The van der Waals surface area contributed by atoms with E-state index in [0.29, 0.717) is 51.5 Å². The number of halogens is 2. The predicted molar refractivity (Wildman–Crippen MR) is 309 cm³/mol. The molecule has 2 saturated heterocycles. The summed E-state index contributed by atoms with van der Waals surface area (Å²) in [6.07, 6.45) is 19.3. The molecule has 0 aliphatic carbocycles. The third kappa shape index (κ3) is 20.5. The third-order valence-electron chi connectivity index (χ3n) is 13.9. The van der Waals surface area contributed by atoms with Crippen molar-refractivity contribution in [1.29, 1.82) is 0 Å². The molecule has 78 heavy (non-hydrogen) atoms. The Hall–Kier alpha value is -7.35. The van der Waals surface area contributed by atoms with E-state index in [1.165, 1.54) is 60.6 Å². The van der Waals surface area contributed by atoms with E-state index < -0.39 is 5.60 Å². The Balaban J connectivity index is 0.000000253. The number of likely N-dealkylation sites (tertiary alicyclic amines) is 2. The number of allylic oxidation sites excluding steroid dienone is 2. The van der Waals surface area contributed by atoms with Gasteiger partial charge in [0.05, 0.1) is 17.0 Å². The van der Waals surface area contributed by atoms with Crippen molar-refractivity contribution in [2.45, 2.75) is 110 Å². The van der Waals surface area contributed by atoms with Crippen molar-refractivity contribution < 1.29 is 23.5 Å². The zero-order valence-corrected chi connectivity index (χ0v) is 45.9. The lowest BCUT2D eigenvalue weighted by molar-refractivity contribution is 0.0787. The number of aliphatic hydroxyl groups is 1. The van der Waals surface area contributed by atoms with E-state index in [4.69, 9.17) is 11.5 Å². The van der Waals surface area contributed by atoms with Crippen molar-refractivity contribution in [1.82, 2.24) is 40.6 Å². The molecule has 9 N–H and O–H groups in total. The van der Waals surface area contributed by atoms with Gasteiger partial charge in [-0.2, -0.15) is 0 Å². The van der Waals surface area contributed by atoms with Crippen LogP contribution in [0.4, 0.5) is 41.1 Å². The van der Waals surface area contributed by atoms with Crippen LogP contribution < -0.4 is 32.7 Å². The molecule has 0 unspecified atom stereocenters. The number of benzene rings is 4. The van der Waals surface area contributed by atoms with Gasteiger partial charge in [0, 0.05) is 74.7 Å². The fourth-order valence-corrected chi connectivity index (χ4v) is 9.95. The molecule has 0 radical (unpaired) electrons. The highest BCUT2D eigenvalue weighted by Crippen LogP contribution is 2.30. The van der Waals surface area contributed by atoms with Crippen LogP contribution in [0.15, 0.2) is 119 Å². The van der Waals surface area contributed by atoms with Crippen LogP contribution in [0, 0.1) is 23.5 Å². The summed E-state index contributed by atoms with van der Waals surface area (Å²) in [5, 5.41) is 34.4. The van der Waals surface area contributed by atoms with E-state index in [-0.39, 0.29) is 35.8 Å². The molecule has 3 heterocycles. The minimum absolute atomic E-state index is 0.00412. The predicted octanol–water partition coefficient (Wildman–Crippen LogP) is 9.91. The Morgan fingerprint density at radius 1 is 0.756 bits per heavy atom. The lowest BCUT2D eigenvalue weighted by atomic mass is 9.91. The van der Waals surface area contributed by atoms with Crippen LogP contribution >= 0.6 is 0 Å². The number of anilines is 2. The molecular formula is C59H80F2N14O3. The number of aromatic nitrogens is 4. The number of piperidine rings is 2. The van der Waals surface area contributed by atoms with E-state index in [0.717, 1.165) is 90.6 Å². The number of nitrogens with zero attached hydrogens (tertiary/aromatic N) is 8. The summed E-state index contributed by atoms with van der Waals surface area (Å²) in [6.45, 7) is 13.5.